The van der Waals surface area contributed by atoms with E-state index >= 15 is 0 Å². The lowest BCUT2D eigenvalue weighted by atomic mass is 9.99. The molecule has 1 rings (SSSR count). The Bertz CT molecular complexity index is 305. The van der Waals surface area contributed by atoms with Crippen molar-refractivity contribution in [2.24, 2.45) is 0 Å². The number of nitrogens with one attached hydrogen (secondary N) is 1. The van der Waals surface area contributed by atoms with Gasteiger partial charge in [0.05, 0.1) is 0 Å². The van der Waals surface area contributed by atoms with Crippen LogP contribution < -0.4 is 5.32 Å². The van der Waals surface area contributed by atoms with Crippen LogP contribution in [0.1, 0.15) is 50.3 Å². The third-order valence-corrected chi connectivity index (χ3v) is 3.78. The van der Waals surface area contributed by atoms with E-state index < -0.39 is 0 Å². The molecule has 0 radical (unpaired) electrons. The average molecular weight is 251 g/mol. The molecular formula is C15H25NS. The van der Waals surface area contributed by atoms with E-state index in [1.165, 1.54) is 23.3 Å². The van der Waals surface area contributed by atoms with Crippen molar-refractivity contribution in [3.63, 3.8) is 0 Å². The Morgan fingerprint density at radius 3 is 2.18 bits per heavy atom. The minimum atomic E-state index is 0.457. The molecule has 0 aliphatic carbocycles. The molecule has 0 aliphatic rings. The third-order valence-electron chi connectivity index (χ3n) is 3.08. The van der Waals surface area contributed by atoms with Crippen molar-refractivity contribution >= 4 is 11.8 Å². The molecule has 1 aromatic rings. The Labute approximate surface area is 110 Å². The lowest BCUT2D eigenvalue weighted by Gasteiger charge is -2.15. The van der Waals surface area contributed by atoms with Crippen LogP contribution in [0.2, 0.25) is 0 Å². The van der Waals surface area contributed by atoms with Crippen LogP contribution in [-0.4, -0.2) is 18.6 Å². The molecular weight excluding hydrogens is 226 g/mol. The Kier molecular flexibility index (Phi) is 6.68. The van der Waals surface area contributed by atoms with E-state index in [1.54, 1.807) is 0 Å². The van der Waals surface area contributed by atoms with Crippen LogP contribution >= 0.6 is 11.8 Å². The summed E-state index contributed by atoms with van der Waals surface area (Å²) in [5, 5.41) is 3.57. The Morgan fingerprint density at radius 2 is 1.65 bits per heavy atom. The molecule has 1 aromatic carbocycles. The molecule has 0 fully saturated rings. The summed E-state index contributed by atoms with van der Waals surface area (Å²) in [6, 6.07) is 9.46. The molecule has 0 heterocycles. The normalized spacial score (nSPS) is 13.0. The van der Waals surface area contributed by atoms with Crippen molar-refractivity contribution in [3.05, 3.63) is 35.4 Å². The van der Waals surface area contributed by atoms with Crippen LogP contribution in [0.15, 0.2) is 24.3 Å². The molecule has 96 valence electrons. The highest BCUT2D eigenvalue weighted by atomic mass is 32.2. The van der Waals surface area contributed by atoms with Gasteiger partial charge in [0, 0.05) is 6.04 Å². The SMILES string of the molecule is CSCCCNC(C)c1ccc(C(C)C)cc1. The summed E-state index contributed by atoms with van der Waals surface area (Å²) in [5.41, 5.74) is 2.81. The molecule has 0 saturated carbocycles. The molecule has 0 aromatic heterocycles. The van der Waals surface area contributed by atoms with Crippen molar-refractivity contribution in [2.45, 2.75) is 39.2 Å². The number of hydrogen-bond acceptors (Lipinski definition) is 2. The minimum absolute atomic E-state index is 0.457. The second-order valence-electron chi connectivity index (χ2n) is 4.84. The van der Waals surface area contributed by atoms with E-state index in [2.05, 4.69) is 56.6 Å². The van der Waals surface area contributed by atoms with Crippen LogP contribution in [0, 0.1) is 0 Å². The summed E-state index contributed by atoms with van der Waals surface area (Å²) in [7, 11) is 0. The highest BCUT2D eigenvalue weighted by molar-refractivity contribution is 7.98. The molecule has 1 nitrogen and oxygen atoms in total. The van der Waals surface area contributed by atoms with E-state index in [1.807, 2.05) is 11.8 Å². The Balaban J connectivity index is 2.43. The van der Waals surface area contributed by atoms with Gasteiger partial charge in [0.15, 0.2) is 0 Å². The zero-order valence-electron chi connectivity index (χ0n) is 11.5. The van der Waals surface area contributed by atoms with Gasteiger partial charge in [-0.15, -0.1) is 0 Å². The predicted octanol–water partition coefficient (Wildman–Crippen LogP) is 4.21. The standard InChI is InChI=1S/C15H25NS/c1-12(2)14-6-8-15(9-7-14)13(3)16-10-5-11-17-4/h6-9,12-13,16H,5,10-11H2,1-4H3. The first-order valence-electron chi connectivity index (χ1n) is 6.47. The first kappa shape index (κ1) is 14.6. The third kappa shape index (κ3) is 5.13. The van der Waals surface area contributed by atoms with Crippen molar-refractivity contribution in [1.29, 1.82) is 0 Å². The second kappa shape index (κ2) is 7.78. The van der Waals surface area contributed by atoms with Gasteiger partial charge in [-0.3, -0.25) is 0 Å². The molecule has 0 aliphatic heterocycles. The van der Waals surface area contributed by atoms with E-state index in [4.69, 9.17) is 0 Å². The molecule has 17 heavy (non-hydrogen) atoms. The topological polar surface area (TPSA) is 12.0 Å². The maximum Gasteiger partial charge on any atom is 0.0291 e. The van der Waals surface area contributed by atoms with Gasteiger partial charge in [-0.1, -0.05) is 38.1 Å². The molecule has 1 atom stereocenters. The minimum Gasteiger partial charge on any atom is -0.310 e. The summed E-state index contributed by atoms with van der Waals surface area (Å²) in [5.74, 6) is 1.86. The van der Waals surface area contributed by atoms with Crippen molar-refractivity contribution < 1.29 is 0 Å². The zero-order chi connectivity index (χ0) is 12.7. The highest BCUT2D eigenvalue weighted by Gasteiger charge is 2.05. The lowest BCUT2D eigenvalue weighted by molar-refractivity contribution is 0.572. The summed E-state index contributed by atoms with van der Waals surface area (Å²) in [6.45, 7) is 7.82. The summed E-state index contributed by atoms with van der Waals surface area (Å²) >= 11 is 1.91. The highest BCUT2D eigenvalue weighted by Crippen LogP contribution is 2.18. The molecule has 0 saturated heterocycles. The number of benzene rings is 1. The van der Waals surface area contributed by atoms with E-state index in [9.17, 15) is 0 Å². The van der Waals surface area contributed by atoms with Crippen molar-refractivity contribution in [1.82, 2.24) is 5.32 Å². The Morgan fingerprint density at radius 1 is 1.06 bits per heavy atom. The van der Waals surface area contributed by atoms with Crippen molar-refractivity contribution in [2.75, 3.05) is 18.6 Å². The maximum atomic E-state index is 3.57. The van der Waals surface area contributed by atoms with Crippen LogP contribution in [0.25, 0.3) is 0 Å². The first-order chi connectivity index (χ1) is 8.15. The quantitative estimate of drug-likeness (QED) is 0.728. The Hall–Kier alpha value is -0.470. The number of rotatable bonds is 7. The van der Waals surface area contributed by atoms with Gasteiger partial charge < -0.3 is 5.32 Å². The fraction of sp³-hybridized carbons (Fsp3) is 0.600. The van der Waals surface area contributed by atoms with Gasteiger partial charge in [0.25, 0.3) is 0 Å². The first-order valence-corrected chi connectivity index (χ1v) is 7.86. The lowest BCUT2D eigenvalue weighted by Crippen LogP contribution is -2.20. The molecule has 1 N–H and O–H groups in total. The average Bonchev–Trinajstić information content (AvgIpc) is 2.34. The number of thioether (sulfide) groups is 1. The maximum absolute atomic E-state index is 3.57. The monoisotopic (exact) mass is 251 g/mol. The van der Waals surface area contributed by atoms with Gasteiger partial charge in [-0.2, -0.15) is 11.8 Å². The fourth-order valence-electron chi connectivity index (χ4n) is 1.82. The summed E-state index contributed by atoms with van der Waals surface area (Å²) in [4.78, 5) is 0. The molecule has 0 spiro atoms. The molecule has 2 heteroatoms. The van der Waals surface area contributed by atoms with Gasteiger partial charge in [0.2, 0.25) is 0 Å². The van der Waals surface area contributed by atoms with Crippen LogP contribution in [-0.2, 0) is 0 Å². The van der Waals surface area contributed by atoms with Gasteiger partial charge in [-0.25, -0.2) is 0 Å². The largest absolute Gasteiger partial charge is 0.310 e. The van der Waals surface area contributed by atoms with Crippen LogP contribution in [0.5, 0.6) is 0 Å². The van der Waals surface area contributed by atoms with E-state index in [0.717, 1.165) is 6.54 Å². The van der Waals surface area contributed by atoms with Gasteiger partial charge in [-0.05, 0) is 48.9 Å². The molecule has 1 unspecified atom stereocenters. The summed E-state index contributed by atoms with van der Waals surface area (Å²) < 4.78 is 0. The molecule has 0 bridgehead atoms. The van der Waals surface area contributed by atoms with Gasteiger partial charge >= 0.3 is 0 Å². The van der Waals surface area contributed by atoms with Crippen LogP contribution in [0.3, 0.4) is 0 Å². The van der Waals surface area contributed by atoms with Gasteiger partial charge in [0.1, 0.15) is 0 Å². The fourth-order valence-corrected chi connectivity index (χ4v) is 2.26. The molecule has 0 amide bonds. The van der Waals surface area contributed by atoms with E-state index in [-0.39, 0.29) is 0 Å². The predicted molar refractivity (Wildman–Crippen MR) is 79.9 cm³/mol. The van der Waals surface area contributed by atoms with Crippen LogP contribution in [0.4, 0.5) is 0 Å². The summed E-state index contributed by atoms with van der Waals surface area (Å²) in [6.07, 6.45) is 3.41. The smallest absolute Gasteiger partial charge is 0.0291 e. The van der Waals surface area contributed by atoms with E-state index in [0.29, 0.717) is 12.0 Å². The second-order valence-corrected chi connectivity index (χ2v) is 5.83. The zero-order valence-corrected chi connectivity index (χ0v) is 12.3. The number of hydrogen-bond donors (Lipinski definition) is 1. The van der Waals surface area contributed by atoms with Crippen molar-refractivity contribution in [3.8, 4) is 0 Å².